The van der Waals surface area contributed by atoms with Crippen molar-refractivity contribution in [3.63, 3.8) is 0 Å². The zero-order chi connectivity index (χ0) is 13.9. The number of ether oxygens (including phenoxy) is 1. The molecule has 1 fully saturated rings. The number of aliphatic hydroxyl groups excluding tert-OH is 1. The highest BCUT2D eigenvalue weighted by Crippen LogP contribution is 2.27. The fourth-order valence-electron chi connectivity index (χ4n) is 2.70. The molecule has 1 saturated carbocycles. The summed E-state index contributed by atoms with van der Waals surface area (Å²) in [7, 11) is 0. The van der Waals surface area contributed by atoms with Crippen molar-refractivity contribution < 1.29 is 14.6 Å². The molecule has 0 radical (unpaired) electrons. The minimum Gasteiger partial charge on any atom is -0.396 e. The summed E-state index contributed by atoms with van der Waals surface area (Å²) in [5, 5.41) is 14.9. The minimum atomic E-state index is -0.149. The van der Waals surface area contributed by atoms with Crippen molar-refractivity contribution in [3.05, 3.63) is 0 Å². The van der Waals surface area contributed by atoms with Gasteiger partial charge in [0.1, 0.15) is 0 Å². The monoisotopic (exact) mass is 272 g/mol. The second-order valence-corrected chi connectivity index (χ2v) is 5.11. The summed E-state index contributed by atoms with van der Waals surface area (Å²) >= 11 is 0. The average Bonchev–Trinajstić information content (AvgIpc) is 2.44. The number of hydrogen-bond acceptors (Lipinski definition) is 3. The molecule has 3 N–H and O–H groups in total. The van der Waals surface area contributed by atoms with Gasteiger partial charge < -0.3 is 20.5 Å². The molecule has 0 aromatic carbocycles. The molecule has 5 nitrogen and oxygen atoms in total. The van der Waals surface area contributed by atoms with Crippen molar-refractivity contribution in [1.82, 2.24) is 10.6 Å². The Labute approximate surface area is 116 Å². The second-order valence-electron chi connectivity index (χ2n) is 5.11. The Morgan fingerprint density at radius 1 is 1.37 bits per heavy atom. The summed E-state index contributed by atoms with van der Waals surface area (Å²) in [5.41, 5.74) is 0. The van der Waals surface area contributed by atoms with Gasteiger partial charge in [-0.05, 0) is 32.1 Å². The molecule has 0 aliphatic heterocycles. The first-order valence-corrected chi connectivity index (χ1v) is 7.51. The summed E-state index contributed by atoms with van der Waals surface area (Å²) < 4.78 is 5.17. The zero-order valence-corrected chi connectivity index (χ0v) is 12.0. The number of aliphatic hydroxyl groups is 1. The summed E-state index contributed by atoms with van der Waals surface area (Å²) in [4.78, 5) is 11.8. The Morgan fingerprint density at radius 3 is 2.74 bits per heavy atom. The first-order valence-electron chi connectivity index (χ1n) is 7.51. The van der Waals surface area contributed by atoms with E-state index in [0.717, 1.165) is 12.8 Å². The van der Waals surface area contributed by atoms with Gasteiger partial charge in [0.05, 0.1) is 6.61 Å². The molecule has 19 heavy (non-hydrogen) atoms. The highest BCUT2D eigenvalue weighted by atomic mass is 16.5. The van der Waals surface area contributed by atoms with Crippen LogP contribution < -0.4 is 10.6 Å². The standard InChI is InChI=1S/C14H28N2O3/c1-2-19-11-9-15-14(18)16-13(8-10-17)12-6-4-3-5-7-12/h12-13,17H,2-11H2,1H3,(H2,15,16,18). The van der Waals surface area contributed by atoms with Crippen LogP contribution in [-0.4, -0.2) is 43.5 Å². The van der Waals surface area contributed by atoms with Crippen LogP contribution in [0.3, 0.4) is 0 Å². The van der Waals surface area contributed by atoms with Crippen LogP contribution in [0.25, 0.3) is 0 Å². The number of urea groups is 1. The topological polar surface area (TPSA) is 70.6 Å². The first kappa shape index (κ1) is 16.2. The number of carbonyl (C=O) groups is 1. The van der Waals surface area contributed by atoms with Crippen LogP contribution in [0.5, 0.6) is 0 Å². The van der Waals surface area contributed by atoms with E-state index < -0.39 is 0 Å². The molecule has 112 valence electrons. The average molecular weight is 272 g/mol. The molecule has 0 heterocycles. The van der Waals surface area contributed by atoms with Gasteiger partial charge >= 0.3 is 6.03 Å². The van der Waals surface area contributed by atoms with Gasteiger partial charge in [0.15, 0.2) is 0 Å². The van der Waals surface area contributed by atoms with Crippen molar-refractivity contribution in [2.45, 2.75) is 51.5 Å². The third-order valence-corrected chi connectivity index (χ3v) is 3.71. The van der Waals surface area contributed by atoms with Gasteiger partial charge in [-0.15, -0.1) is 0 Å². The number of nitrogens with one attached hydrogen (secondary N) is 2. The summed E-state index contributed by atoms with van der Waals surface area (Å²) in [6.07, 6.45) is 6.72. The molecule has 0 saturated heterocycles. The lowest BCUT2D eigenvalue weighted by molar-refractivity contribution is 0.148. The highest BCUT2D eigenvalue weighted by Gasteiger charge is 2.24. The van der Waals surface area contributed by atoms with Crippen LogP contribution in [0, 0.1) is 5.92 Å². The highest BCUT2D eigenvalue weighted by molar-refractivity contribution is 5.74. The lowest BCUT2D eigenvalue weighted by Gasteiger charge is -2.30. The van der Waals surface area contributed by atoms with E-state index in [9.17, 15) is 4.79 Å². The van der Waals surface area contributed by atoms with Crippen molar-refractivity contribution in [1.29, 1.82) is 0 Å². The van der Waals surface area contributed by atoms with Gasteiger partial charge in [0.25, 0.3) is 0 Å². The van der Waals surface area contributed by atoms with Gasteiger partial charge in [-0.25, -0.2) is 4.79 Å². The second kappa shape index (κ2) is 10.0. The predicted molar refractivity (Wildman–Crippen MR) is 75.1 cm³/mol. The Bertz CT molecular complexity index is 243. The molecule has 5 heteroatoms. The molecule has 0 spiro atoms. The van der Waals surface area contributed by atoms with Crippen LogP contribution in [0.2, 0.25) is 0 Å². The van der Waals surface area contributed by atoms with E-state index in [1.165, 1.54) is 19.3 Å². The number of rotatable bonds is 8. The van der Waals surface area contributed by atoms with Gasteiger partial charge in [0.2, 0.25) is 0 Å². The summed E-state index contributed by atoms with van der Waals surface area (Å²) in [5.74, 6) is 0.513. The van der Waals surface area contributed by atoms with E-state index in [4.69, 9.17) is 9.84 Å². The van der Waals surface area contributed by atoms with Crippen molar-refractivity contribution in [2.24, 2.45) is 5.92 Å². The molecule has 1 unspecified atom stereocenters. The normalized spacial score (nSPS) is 18.0. The molecule has 2 amide bonds. The predicted octanol–water partition coefficient (Wildman–Crippen LogP) is 1.65. The molecule has 1 aliphatic carbocycles. The summed E-state index contributed by atoms with van der Waals surface area (Å²) in [6.45, 7) is 3.79. The van der Waals surface area contributed by atoms with Crippen molar-refractivity contribution in [2.75, 3.05) is 26.4 Å². The maximum absolute atomic E-state index is 11.8. The zero-order valence-electron chi connectivity index (χ0n) is 12.0. The number of hydrogen-bond donors (Lipinski definition) is 3. The smallest absolute Gasteiger partial charge is 0.315 e. The Morgan fingerprint density at radius 2 is 2.11 bits per heavy atom. The molecule has 1 aliphatic rings. The van der Waals surface area contributed by atoms with E-state index in [2.05, 4.69) is 10.6 Å². The maximum atomic E-state index is 11.8. The van der Waals surface area contributed by atoms with Crippen molar-refractivity contribution in [3.8, 4) is 0 Å². The molecule has 1 atom stereocenters. The van der Waals surface area contributed by atoms with Crippen LogP contribution in [0.15, 0.2) is 0 Å². The fourth-order valence-corrected chi connectivity index (χ4v) is 2.70. The number of carbonyl (C=O) groups excluding carboxylic acids is 1. The lowest BCUT2D eigenvalue weighted by Crippen LogP contribution is -2.47. The van der Waals surface area contributed by atoms with Crippen LogP contribution in [0.1, 0.15) is 45.4 Å². The van der Waals surface area contributed by atoms with E-state index in [0.29, 0.717) is 32.1 Å². The van der Waals surface area contributed by atoms with Gasteiger partial charge in [0, 0.05) is 25.8 Å². The van der Waals surface area contributed by atoms with Crippen LogP contribution in [0.4, 0.5) is 4.79 Å². The van der Waals surface area contributed by atoms with Gasteiger partial charge in [-0.2, -0.15) is 0 Å². The molecule has 0 bridgehead atoms. The fraction of sp³-hybridized carbons (Fsp3) is 0.929. The molecule has 1 rings (SSSR count). The Hall–Kier alpha value is -0.810. The maximum Gasteiger partial charge on any atom is 0.315 e. The van der Waals surface area contributed by atoms with Gasteiger partial charge in [-0.3, -0.25) is 0 Å². The molecule has 0 aromatic rings. The van der Waals surface area contributed by atoms with E-state index in [-0.39, 0.29) is 18.7 Å². The quantitative estimate of drug-likeness (QED) is 0.588. The molecular weight excluding hydrogens is 244 g/mol. The molecule has 0 aromatic heterocycles. The largest absolute Gasteiger partial charge is 0.396 e. The Balaban J connectivity index is 2.28. The summed E-state index contributed by atoms with van der Waals surface area (Å²) in [6, 6.07) is -0.0545. The van der Waals surface area contributed by atoms with Crippen molar-refractivity contribution >= 4 is 6.03 Å². The van der Waals surface area contributed by atoms with Crippen LogP contribution >= 0.6 is 0 Å². The lowest BCUT2D eigenvalue weighted by atomic mass is 9.83. The Kier molecular flexibility index (Phi) is 8.58. The van der Waals surface area contributed by atoms with E-state index in [1.807, 2.05) is 6.92 Å². The minimum absolute atomic E-state index is 0.0948. The van der Waals surface area contributed by atoms with Gasteiger partial charge in [-0.1, -0.05) is 19.3 Å². The number of amides is 2. The first-order chi connectivity index (χ1) is 9.27. The van der Waals surface area contributed by atoms with E-state index in [1.54, 1.807) is 0 Å². The third kappa shape index (κ3) is 6.78. The SMILES string of the molecule is CCOCCNC(=O)NC(CCO)C1CCCCC1. The third-order valence-electron chi connectivity index (χ3n) is 3.71. The van der Waals surface area contributed by atoms with E-state index >= 15 is 0 Å². The van der Waals surface area contributed by atoms with Crippen LogP contribution in [-0.2, 0) is 4.74 Å². The molecular formula is C14H28N2O3.